The molecule has 0 spiro atoms. The molecule has 1 saturated carbocycles. The summed E-state index contributed by atoms with van der Waals surface area (Å²) < 4.78 is 0. The summed E-state index contributed by atoms with van der Waals surface area (Å²) in [6.07, 6.45) is 9.11. The first kappa shape index (κ1) is 21.2. The molecule has 3 aromatic heterocycles. The molecule has 5 rings (SSSR count). The molecule has 1 saturated heterocycles. The maximum absolute atomic E-state index is 13.1. The summed E-state index contributed by atoms with van der Waals surface area (Å²) in [7, 11) is 0. The molecule has 1 aliphatic heterocycles. The SMILES string of the molecule is C=CC1CCCC(NC(=O)c2ccnc3nc(-c4ccc(N5CCNCC5)s4)[nH]c23)CC1. The van der Waals surface area contributed by atoms with E-state index in [1.54, 1.807) is 23.6 Å². The van der Waals surface area contributed by atoms with Gasteiger partial charge in [-0.25, -0.2) is 9.97 Å². The van der Waals surface area contributed by atoms with Crippen LogP contribution in [-0.4, -0.2) is 53.1 Å². The lowest BCUT2D eigenvalue weighted by Gasteiger charge is -2.27. The maximum Gasteiger partial charge on any atom is 0.253 e. The largest absolute Gasteiger partial charge is 0.361 e. The van der Waals surface area contributed by atoms with E-state index in [0.717, 1.165) is 69.0 Å². The van der Waals surface area contributed by atoms with Crippen molar-refractivity contribution in [1.82, 2.24) is 25.6 Å². The minimum atomic E-state index is -0.0534. The monoisotopic (exact) mass is 450 g/mol. The van der Waals surface area contributed by atoms with Gasteiger partial charge in [-0.3, -0.25) is 4.79 Å². The van der Waals surface area contributed by atoms with Crippen LogP contribution in [0.3, 0.4) is 0 Å². The third-order valence-electron chi connectivity index (χ3n) is 6.57. The Balaban J connectivity index is 1.35. The Kier molecular flexibility index (Phi) is 6.23. The number of nitrogens with zero attached hydrogens (tertiary/aromatic N) is 3. The van der Waals surface area contributed by atoms with Crippen LogP contribution in [0.15, 0.2) is 37.1 Å². The third kappa shape index (κ3) is 4.42. The average molecular weight is 451 g/mol. The summed E-state index contributed by atoms with van der Waals surface area (Å²) in [5.41, 5.74) is 1.89. The van der Waals surface area contributed by atoms with E-state index < -0.39 is 0 Å². The predicted octanol–water partition coefficient (Wildman–Crippen LogP) is 3.96. The molecule has 2 atom stereocenters. The fourth-order valence-corrected chi connectivity index (χ4v) is 5.70. The van der Waals surface area contributed by atoms with Gasteiger partial charge in [0.1, 0.15) is 0 Å². The minimum Gasteiger partial charge on any atom is -0.361 e. The quantitative estimate of drug-likeness (QED) is 0.405. The lowest BCUT2D eigenvalue weighted by molar-refractivity contribution is 0.0934. The number of hydrogen-bond acceptors (Lipinski definition) is 6. The zero-order valence-electron chi connectivity index (χ0n) is 18.3. The molecule has 3 aromatic rings. The van der Waals surface area contributed by atoms with Crippen LogP contribution >= 0.6 is 11.3 Å². The molecule has 4 heterocycles. The molecule has 0 bridgehead atoms. The lowest BCUT2D eigenvalue weighted by Crippen LogP contribution is -2.43. The Labute approximate surface area is 192 Å². The number of carbonyl (C=O) groups excluding carboxylic acids is 1. The summed E-state index contributed by atoms with van der Waals surface area (Å²) in [6, 6.07) is 6.24. The van der Waals surface area contributed by atoms with Crippen molar-refractivity contribution < 1.29 is 4.79 Å². The van der Waals surface area contributed by atoms with Crippen molar-refractivity contribution in [2.24, 2.45) is 5.92 Å². The predicted molar refractivity (Wildman–Crippen MR) is 130 cm³/mol. The lowest BCUT2D eigenvalue weighted by atomic mass is 10.0. The number of carbonyl (C=O) groups is 1. The number of amides is 1. The number of aromatic nitrogens is 3. The summed E-state index contributed by atoms with van der Waals surface area (Å²) in [5, 5.41) is 7.89. The highest BCUT2D eigenvalue weighted by molar-refractivity contribution is 7.19. The van der Waals surface area contributed by atoms with Gasteiger partial charge in [0.25, 0.3) is 5.91 Å². The number of fused-ring (bicyclic) bond motifs is 1. The van der Waals surface area contributed by atoms with Crippen LogP contribution in [-0.2, 0) is 0 Å². The van der Waals surface area contributed by atoms with Crippen LogP contribution in [0.5, 0.6) is 0 Å². The molecular formula is C24H30N6OS. The molecule has 1 amide bonds. The number of rotatable bonds is 5. The van der Waals surface area contributed by atoms with Crippen LogP contribution in [0.2, 0.25) is 0 Å². The van der Waals surface area contributed by atoms with Gasteiger partial charge in [0, 0.05) is 38.4 Å². The Morgan fingerprint density at radius 1 is 1.19 bits per heavy atom. The summed E-state index contributed by atoms with van der Waals surface area (Å²) in [6.45, 7) is 7.99. The van der Waals surface area contributed by atoms with Gasteiger partial charge in [0.15, 0.2) is 11.5 Å². The number of aromatic amines is 1. The van der Waals surface area contributed by atoms with Crippen molar-refractivity contribution in [2.75, 3.05) is 31.1 Å². The molecule has 0 aromatic carbocycles. The second-order valence-corrected chi connectivity index (χ2v) is 9.75. The molecule has 1 aliphatic carbocycles. The minimum absolute atomic E-state index is 0.0534. The van der Waals surface area contributed by atoms with E-state index in [1.807, 2.05) is 0 Å². The molecular weight excluding hydrogens is 420 g/mol. The Bertz CT molecular complexity index is 1100. The zero-order chi connectivity index (χ0) is 21.9. The van der Waals surface area contributed by atoms with Crippen molar-refractivity contribution in [3.05, 3.63) is 42.6 Å². The number of piperazine rings is 1. The fraction of sp³-hybridized carbons (Fsp3) is 0.458. The number of hydrogen-bond donors (Lipinski definition) is 3. The highest BCUT2D eigenvalue weighted by Crippen LogP contribution is 2.33. The van der Waals surface area contributed by atoms with Crippen LogP contribution in [0.4, 0.5) is 5.00 Å². The molecule has 2 fully saturated rings. The van der Waals surface area contributed by atoms with Gasteiger partial charge < -0.3 is 20.5 Å². The first-order chi connectivity index (χ1) is 15.7. The van der Waals surface area contributed by atoms with E-state index in [-0.39, 0.29) is 11.9 Å². The average Bonchev–Trinajstić information content (AvgIpc) is 3.43. The topological polar surface area (TPSA) is 85.9 Å². The molecule has 32 heavy (non-hydrogen) atoms. The van der Waals surface area contributed by atoms with Gasteiger partial charge in [-0.15, -0.1) is 17.9 Å². The van der Waals surface area contributed by atoms with Crippen LogP contribution in [0, 0.1) is 5.92 Å². The molecule has 2 aliphatic rings. The van der Waals surface area contributed by atoms with Crippen LogP contribution < -0.4 is 15.5 Å². The highest BCUT2D eigenvalue weighted by atomic mass is 32.1. The third-order valence-corrected chi connectivity index (χ3v) is 7.73. The van der Waals surface area contributed by atoms with Crippen molar-refractivity contribution in [3.63, 3.8) is 0 Å². The number of nitrogens with one attached hydrogen (secondary N) is 3. The Morgan fingerprint density at radius 2 is 2.06 bits per heavy atom. The number of pyridine rings is 1. The Morgan fingerprint density at radius 3 is 2.91 bits per heavy atom. The summed E-state index contributed by atoms with van der Waals surface area (Å²) in [4.78, 5) is 29.1. The van der Waals surface area contributed by atoms with Crippen LogP contribution in [0.25, 0.3) is 21.9 Å². The van der Waals surface area contributed by atoms with E-state index in [4.69, 9.17) is 0 Å². The number of allylic oxidation sites excluding steroid dienone is 1. The van der Waals surface area contributed by atoms with E-state index in [1.165, 1.54) is 5.00 Å². The molecule has 8 heteroatoms. The van der Waals surface area contributed by atoms with Crippen LogP contribution in [0.1, 0.15) is 42.5 Å². The zero-order valence-corrected chi connectivity index (χ0v) is 19.1. The molecule has 7 nitrogen and oxygen atoms in total. The highest BCUT2D eigenvalue weighted by Gasteiger charge is 2.22. The molecule has 2 unspecified atom stereocenters. The van der Waals surface area contributed by atoms with Gasteiger partial charge in [-0.05, 0) is 49.8 Å². The second-order valence-electron chi connectivity index (χ2n) is 8.69. The Hall–Kier alpha value is -2.71. The smallest absolute Gasteiger partial charge is 0.253 e. The summed E-state index contributed by atoms with van der Waals surface area (Å²) in [5.74, 6) is 1.28. The van der Waals surface area contributed by atoms with Gasteiger partial charge in [0.05, 0.1) is 21.0 Å². The van der Waals surface area contributed by atoms with Crippen molar-refractivity contribution >= 4 is 33.4 Å². The first-order valence-corrected chi connectivity index (χ1v) is 12.4. The maximum atomic E-state index is 13.1. The molecule has 3 N–H and O–H groups in total. The number of H-pyrrole nitrogens is 1. The van der Waals surface area contributed by atoms with E-state index in [0.29, 0.717) is 22.6 Å². The van der Waals surface area contributed by atoms with E-state index in [9.17, 15) is 4.79 Å². The van der Waals surface area contributed by atoms with Gasteiger partial charge in [-0.1, -0.05) is 12.5 Å². The number of thiophene rings is 1. The van der Waals surface area contributed by atoms with Crippen molar-refractivity contribution in [1.29, 1.82) is 0 Å². The van der Waals surface area contributed by atoms with Gasteiger partial charge in [-0.2, -0.15) is 0 Å². The van der Waals surface area contributed by atoms with E-state index >= 15 is 0 Å². The number of imidazole rings is 1. The molecule has 168 valence electrons. The van der Waals surface area contributed by atoms with Gasteiger partial charge >= 0.3 is 0 Å². The van der Waals surface area contributed by atoms with Crippen molar-refractivity contribution in [3.8, 4) is 10.7 Å². The first-order valence-electron chi connectivity index (χ1n) is 11.6. The van der Waals surface area contributed by atoms with Gasteiger partial charge in [0.2, 0.25) is 0 Å². The summed E-state index contributed by atoms with van der Waals surface area (Å²) >= 11 is 1.72. The second kappa shape index (κ2) is 9.42. The molecule has 0 radical (unpaired) electrons. The van der Waals surface area contributed by atoms with Crippen molar-refractivity contribution in [2.45, 2.75) is 38.1 Å². The standard InChI is InChI=1S/C24H30N6OS/c1-2-16-4-3-5-17(7-6-16)27-24(31)18-10-11-26-23-21(18)28-22(29-23)19-8-9-20(32-19)30-14-12-25-13-15-30/h2,8-11,16-17,25H,1,3-7,12-15H2,(H,27,31)(H,26,28,29). The fourth-order valence-electron chi connectivity index (χ4n) is 4.70. The normalized spacial score (nSPS) is 21.9. The van der Waals surface area contributed by atoms with E-state index in [2.05, 4.69) is 55.3 Å². The number of anilines is 1.